The lowest BCUT2D eigenvalue weighted by atomic mass is 10.1. The van der Waals surface area contributed by atoms with Crippen LogP contribution < -0.4 is 5.32 Å². The molecule has 0 aliphatic rings. The molecule has 0 radical (unpaired) electrons. The van der Waals surface area contributed by atoms with E-state index in [0.29, 0.717) is 22.7 Å². The lowest BCUT2D eigenvalue weighted by Gasteiger charge is -2.06. The molecule has 5 heteroatoms. The van der Waals surface area contributed by atoms with E-state index in [0.717, 1.165) is 16.7 Å². The molecule has 3 aromatic carbocycles. The zero-order chi connectivity index (χ0) is 17.9. The van der Waals surface area contributed by atoms with Crippen molar-refractivity contribution in [1.29, 1.82) is 5.26 Å². The van der Waals surface area contributed by atoms with Gasteiger partial charge in [-0.3, -0.25) is 4.79 Å². The highest BCUT2D eigenvalue weighted by Gasteiger charge is 2.09. The molecule has 4 rings (SSSR count). The molecule has 1 aromatic heterocycles. The van der Waals surface area contributed by atoms with Crippen molar-refractivity contribution >= 4 is 22.7 Å². The molecule has 0 spiro atoms. The molecule has 1 heterocycles. The highest BCUT2D eigenvalue weighted by molar-refractivity contribution is 6.04. The number of para-hydroxylation sites is 2. The van der Waals surface area contributed by atoms with E-state index in [1.807, 2.05) is 42.5 Å². The number of hydrogen-bond acceptors (Lipinski definition) is 4. The van der Waals surface area contributed by atoms with Crippen LogP contribution in [-0.2, 0) is 0 Å². The number of nitrogens with one attached hydrogen (secondary N) is 1. The molecule has 4 aromatic rings. The molecule has 0 aliphatic heterocycles. The number of nitriles is 1. The summed E-state index contributed by atoms with van der Waals surface area (Å²) in [5.41, 5.74) is 4.05. The minimum absolute atomic E-state index is 0.232. The van der Waals surface area contributed by atoms with Gasteiger partial charge in [-0.05, 0) is 60.7 Å². The Hall–Kier alpha value is -3.91. The number of nitrogens with zero attached hydrogens (tertiary/aromatic N) is 2. The molecule has 5 nitrogen and oxygen atoms in total. The van der Waals surface area contributed by atoms with E-state index in [-0.39, 0.29) is 5.91 Å². The standard InChI is InChI=1S/C21H13N3O2/c22-13-14-5-7-15(8-6-14)20(25)23-17-11-9-16(10-12-17)21-24-18-3-1-2-4-19(18)26-21/h1-12H,(H,23,25). The molecule has 0 aliphatic carbocycles. The molecule has 124 valence electrons. The Balaban J connectivity index is 1.52. The molecule has 1 N–H and O–H groups in total. The van der Waals surface area contributed by atoms with Crippen LogP contribution in [-0.4, -0.2) is 10.9 Å². The van der Waals surface area contributed by atoms with E-state index in [1.54, 1.807) is 36.4 Å². The number of amides is 1. The predicted octanol–water partition coefficient (Wildman–Crippen LogP) is 4.62. The maximum absolute atomic E-state index is 12.3. The number of anilines is 1. The third kappa shape index (κ3) is 3.04. The zero-order valence-corrected chi connectivity index (χ0v) is 13.6. The number of hydrogen-bond donors (Lipinski definition) is 1. The smallest absolute Gasteiger partial charge is 0.255 e. The van der Waals surface area contributed by atoms with Gasteiger partial charge in [-0.2, -0.15) is 5.26 Å². The van der Waals surface area contributed by atoms with Crippen molar-refractivity contribution in [3.05, 3.63) is 83.9 Å². The molecule has 0 saturated carbocycles. The third-order valence-electron chi connectivity index (χ3n) is 3.96. The Morgan fingerprint density at radius 2 is 1.69 bits per heavy atom. The Labute approximate surface area is 149 Å². The summed E-state index contributed by atoms with van der Waals surface area (Å²) >= 11 is 0. The van der Waals surface area contributed by atoms with Gasteiger partial charge < -0.3 is 9.73 Å². The summed E-state index contributed by atoms with van der Waals surface area (Å²) in [6.45, 7) is 0. The molecule has 0 bridgehead atoms. The van der Waals surface area contributed by atoms with Gasteiger partial charge in [0.1, 0.15) is 5.52 Å². The molecule has 26 heavy (non-hydrogen) atoms. The molecule has 0 fully saturated rings. The average Bonchev–Trinajstić information content (AvgIpc) is 3.13. The Morgan fingerprint density at radius 3 is 2.38 bits per heavy atom. The summed E-state index contributed by atoms with van der Waals surface area (Å²) < 4.78 is 5.74. The minimum Gasteiger partial charge on any atom is -0.436 e. The maximum atomic E-state index is 12.3. The van der Waals surface area contributed by atoms with Gasteiger partial charge in [0, 0.05) is 16.8 Å². The summed E-state index contributed by atoms with van der Waals surface area (Å²) in [4.78, 5) is 16.7. The van der Waals surface area contributed by atoms with Crippen LogP contribution in [0.2, 0.25) is 0 Å². The van der Waals surface area contributed by atoms with Crippen molar-refractivity contribution in [2.75, 3.05) is 5.32 Å². The molecule has 0 atom stereocenters. The van der Waals surface area contributed by atoms with E-state index in [1.165, 1.54) is 0 Å². The molecule has 0 unspecified atom stereocenters. The number of benzene rings is 3. The van der Waals surface area contributed by atoms with Gasteiger partial charge in [0.2, 0.25) is 5.89 Å². The van der Waals surface area contributed by atoms with Gasteiger partial charge in [-0.25, -0.2) is 4.98 Å². The van der Waals surface area contributed by atoms with Crippen LogP contribution in [0.15, 0.2) is 77.2 Å². The predicted molar refractivity (Wildman–Crippen MR) is 98.6 cm³/mol. The lowest BCUT2D eigenvalue weighted by molar-refractivity contribution is 0.102. The van der Waals surface area contributed by atoms with Gasteiger partial charge in [0.25, 0.3) is 5.91 Å². The number of aromatic nitrogens is 1. The number of fused-ring (bicyclic) bond motifs is 1. The monoisotopic (exact) mass is 339 g/mol. The van der Waals surface area contributed by atoms with Crippen molar-refractivity contribution in [2.45, 2.75) is 0 Å². The highest BCUT2D eigenvalue weighted by atomic mass is 16.3. The van der Waals surface area contributed by atoms with Gasteiger partial charge in [0.15, 0.2) is 5.58 Å². The fourth-order valence-electron chi connectivity index (χ4n) is 2.59. The van der Waals surface area contributed by atoms with Crippen molar-refractivity contribution in [3.8, 4) is 17.5 Å². The van der Waals surface area contributed by atoms with Crippen molar-refractivity contribution in [1.82, 2.24) is 4.98 Å². The average molecular weight is 339 g/mol. The molecular weight excluding hydrogens is 326 g/mol. The van der Waals surface area contributed by atoms with Crippen molar-refractivity contribution in [3.63, 3.8) is 0 Å². The fraction of sp³-hybridized carbons (Fsp3) is 0. The largest absolute Gasteiger partial charge is 0.436 e. The zero-order valence-electron chi connectivity index (χ0n) is 13.6. The van der Waals surface area contributed by atoms with E-state index >= 15 is 0 Å². The van der Waals surface area contributed by atoms with Crippen molar-refractivity contribution in [2.24, 2.45) is 0 Å². The van der Waals surface area contributed by atoms with Crippen LogP contribution in [0.4, 0.5) is 5.69 Å². The maximum Gasteiger partial charge on any atom is 0.255 e. The van der Waals surface area contributed by atoms with E-state index in [9.17, 15) is 4.79 Å². The lowest BCUT2D eigenvalue weighted by Crippen LogP contribution is -2.11. The van der Waals surface area contributed by atoms with Crippen LogP contribution >= 0.6 is 0 Å². The summed E-state index contributed by atoms with van der Waals surface area (Å²) in [6.07, 6.45) is 0. The Kier molecular flexibility index (Phi) is 3.92. The number of oxazole rings is 1. The van der Waals surface area contributed by atoms with E-state index in [2.05, 4.69) is 10.3 Å². The summed E-state index contributed by atoms with van der Waals surface area (Å²) in [5.74, 6) is 0.306. The Bertz CT molecular complexity index is 1090. The first-order valence-electron chi connectivity index (χ1n) is 8.00. The minimum atomic E-state index is -0.232. The summed E-state index contributed by atoms with van der Waals surface area (Å²) in [6, 6.07) is 23.4. The van der Waals surface area contributed by atoms with Crippen LogP contribution in [0, 0.1) is 11.3 Å². The number of carbonyl (C=O) groups is 1. The normalized spacial score (nSPS) is 10.4. The van der Waals surface area contributed by atoms with E-state index in [4.69, 9.17) is 9.68 Å². The second-order valence-corrected chi connectivity index (χ2v) is 5.71. The third-order valence-corrected chi connectivity index (χ3v) is 3.96. The second kappa shape index (κ2) is 6.54. The Morgan fingerprint density at radius 1 is 0.962 bits per heavy atom. The first-order chi connectivity index (χ1) is 12.7. The summed E-state index contributed by atoms with van der Waals surface area (Å²) in [7, 11) is 0. The number of carbonyl (C=O) groups excluding carboxylic acids is 1. The van der Waals surface area contributed by atoms with Crippen LogP contribution in [0.3, 0.4) is 0 Å². The van der Waals surface area contributed by atoms with Crippen LogP contribution in [0.5, 0.6) is 0 Å². The SMILES string of the molecule is N#Cc1ccc(C(=O)Nc2ccc(-c3nc4ccccc4o3)cc2)cc1. The van der Waals surface area contributed by atoms with Crippen LogP contribution in [0.1, 0.15) is 15.9 Å². The first kappa shape index (κ1) is 15.6. The van der Waals surface area contributed by atoms with Crippen molar-refractivity contribution < 1.29 is 9.21 Å². The van der Waals surface area contributed by atoms with E-state index < -0.39 is 0 Å². The first-order valence-corrected chi connectivity index (χ1v) is 8.00. The van der Waals surface area contributed by atoms with Gasteiger partial charge in [-0.15, -0.1) is 0 Å². The fourth-order valence-corrected chi connectivity index (χ4v) is 2.59. The highest BCUT2D eigenvalue weighted by Crippen LogP contribution is 2.25. The van der Waals surface area contributed by atoms with Gasteiger partial charge >= 0.3 is 0 Å². The topological polar surface area (TPSA) is 78.9 Å². The molecule has 0 saturated heterocycles. The molecular formula is C21H13N3O2. The van der Waals surface area contributed by atoms with Gasteiger partial charge in [-0.1, -0.05) is 12.1 Å². The van der Waals surface area contributed by atoms with Gasteiger partial charge in [0.05, 0.1) is 11.6 Å². The summed E-state index contributed by atoms with van der Waals surface area (Å²) in [5, 5.41) is 11.6. The second-order valence-electron chi connectivity index (χ2n) is 5.71. The number of rotatable bonds is 3. The molecule has 1 amide bonds. The van der Waals surface area contributed by atoms with Crippen LogP contribution in [0.25, 0.3) is 22.6 Å². The quantitative estimate of drug-likeness (QED) is 0.591.